The number of carbonyl (C=O) groups excluding carboxylic acids is 2. The molecule has 2 N–H and O–H groups in total. The van der Waals surface area contributed by atoms with E-state index in [0.29, 0.717) is 36.4 Å². The van der Waals surface area contributed by atoms with Crippen molar-refractivity contribution in [3.63, 3.8) is 0 Å². The number of hydrogen-bond donors (Lipinski definition) is 2. The van der Waals surface area contributed by atoms with Crippen molar-refractivity contribution in [3.05, 3.63) is 63.9 Å². The maximum atomic E-state index is 14.5. The average molecular weight is 444 g/mol. The van der Waals surface area contributed by atoms with Crippen molar-refractivity contribution in [2.75, 3.05) is 25.0 Å². The van der Waals surface area contributed by atoms with Crippen molar-refractivity contribution >= 4 is 29.1 Å². The fourth-order valence-corrected chi connectivity index (χ4v) is 4.78. The minimum absolute atomic E-state index is 0.0223. The van der Waals surface area contributed by atoms with Gasteiger partial charge in [-0.3, -0.25) is 14.5 Å². The Morgan fingerprint density at radius 3 is 2.81 bits per heavy atom. The molecule has 1 atom stereocenters. The normalized spacial score (nSPS) is 16.8. The molecule has 2 heterocycles. The highest BCUT2D eigenvalue weighted by Gasteiger charge is 2.28. The van der Waals surface area contributed by atoms with Crippen LogP contribution in [-0.4, -0.2) is 36.3 Å². The number of fused-ring (bicyclic) bond motifs is 1. The molecule has 2 aliphatic rings. The lowest BCUT2D eigenvalue weighted by molar-refractivity contribution is -0.121. The van der Waals surface area contributed by atoms with Gasteiger partial charge in [-0.05, 0) is 68.1 Å². The third-order valence-corrected chi connectivity index (χ3v) is 6.40. The minimum Gasteiger partial charge on any atom is -0.354 e. The first kappa shape index (κ1) is 21.8. The number of likely N-dealkylation sites (tertiary alicyclic amines) is 1. The molecule has 2 amide bonds. The first-order chi connectivity index (χ1) is 15.0. The van der Waals surface area contributed by atoms with Crippen LogP contribution < -0.4 is 10.6 Å². The zero-order valence-electron chi connectivity index (χ0n) is 17.4. The number of nitrogens with zero attached hydrogens (tertiary/aromatic N) is 1. The Balaban J connectivity index is 1.31. The Labute approximate surface area is 187 Å². The van der Waals surface area contributed by atoms with Gasteiger partial charge in [0.05, 0.1) is 12.5 Å². The standard InChI is InChI=1S/C24H27ClFN3O2/c25-18-6-4-7-19(26)24(18)21(29-11-1-2-12-29)15-27-22(30)8-3-5-16-9-10-20-17(13-16)14-23(31)28-20/h4,6-7,9-10,13,21H,1-3,5,8,11-12,14-15H2,(H,27,30)(H,28,31). The number of amides is 2. The molecule has 1 saturated heterocycles. The van der Waals surface area contributed by atoms with E-state index in [2.05, 4.69) is 15.5 Å². The first-order valence-corrected chi connectivity index (χ1v) is 11.3. The Kier molecular flexibility index (Phi) is 6.88. The lowest BCUT2D eigenvalue weighted by Crippen LogP contribution is -2.37. The fraction of sp³-hybridized carbons (Fsp3) is 0.417. The van der Waals surface area contributed by atoms with E-state index in [9.17, 15) is 14.0 Å². The van der Waals surface area contributed by atoms with E-state index < -0.39 is 0 Å². The molecule has 2 aliphatic heterocycles. The van der Waals surface area contributed by atoms with E-state index in [1.807, 2.05) is 18.2 Å². The Hall–Kier alpha value is -2.44. The van der Waals surface area contributed by atoms with Crippen molar-refractivity contribution in [2.24, 2.45) is 0 Å². The molecule has 0 aromatic heterocycles. The van der Waals surface area contributed by atoms with Crippen LogP contribution in [0, 0.1) is 5.82 Å². The summed E-state index contributed by atoms with van der Waals surface area (Å²) < 4.78 is 14.5. The predicted octanol–water partition coefficient (Wildman–Crippen LogP) is 4.25. The summed E-state index contributed by atoms with van der Waals surface area (Å²) in [5, 5.41) is 6.21. The van der Waals surface area contributed by atoms with Crippen LogP contribution in [0.4, 0.5) is 10.1 Å². The molecular weight excluding hydrogens is 417 g/mol. The Bertz CT molecular complexity index is 955. The quantitative estimate of drug-likeness (QED) is 0.641. The molecule has 164 valence electrons. The average Bonchev–Trinajstić information content (AvgIpc) is 3.38. The summed E-state index contributed by atoms with van der Waals surface area (Å²) in [4.78, 5) is 26.2. The van der Waals surface area contributed by atoms with Gasteiger partial charge in [0.15, 0.2) is 0 Å². The summed E-state index contributed by atoms with van der Waals surface area (Å²) in [6.07, 6.45) is 4.42. The molecule has 4 rings (SSSR count). The van der Waals surface area contributed by atoms with E-state index in [1.165, 1.54) is 6.07 Å². The second-order valence-corrected chi connectivity index (χ2v) is 8.68. The molecule has 0 bridgehead atoms. The van der Waals surface area contributed by atoms with E-state index in [4.69, 9.17) is 11.6 Å². The molecule has 0 radical (unpaired) electrons. The second kappa shape index (κ2) is 9.79. The van der Waals surface area contributed by atoms with E-state index in [1.54, 1.807) is 12.1 Å². The van der Waals surface area contributed by atoms with Crippen LogP contribution in [0.3, 0.4) is 0 Å². The topological polar surface area (TPSA) is 61.4 Å². The van der Waals surface area contributed by atoms with E-state index in [-0.39, 0.29) is 23.7 Å². The smallest absolute Gasteiger partial charge is 0.228 e. The summed E-state index contributed by atoms with van der Waals surface area (Å²) in [6.45, 7) is 2.09. The molecule has 0 saturated carbocycles. The summed E-state index contributed by atoms with van der Waals surface area (Å²) in [5.74, 6) is -0.355. The van der Waals surface area contributed by atoms with Gasteiger partial charge in [-0.15, -0.1) is 0 Å². The van der Waals surface area contributed by atoms with Crippen molar-refractivity contribution in [1.29, 1.82) is 0 Å². The van der Waals surface area contributed by atoms with Gasteiger partial charge in [0.1, 0.15) is 5.82 Å². The number of rotatable bonds is 8. The number of carbonyl (C=O) groups is 2. The molecule has 2 aromatic carbocycles. The third kappa shape index (κ3) is 5.25. The van der Waals surface area contributed by atoms with Crippen molar-refractivity contribution in [2.45, 2.75) is 44.6 Å². The second-order valence-electron chi connectivity index (χ2n) is 8.27. The van der Waals surface area contributed by atoms with Crippen molar-refractivity contribution in [1.82, 2.24) is 10.2 Å². The number of benzene rings is 2. The maximum absolute atomic E-state index is 14.5. The number of anilines is 1. The predicted molar refractivity (Wildman–Crippen MR) is 120 cm³/mol. The summed E-state index contributed by atoms with van der Waals surface area (Å²) in [5.41, 5.74) is 3.48. The van der Waals surface area contributed by atoms with Crippen molar-refractivity contribution < 1.29 is 14.0 Å². The van der Waals surface area contributed by atoms with Gasteiger partial charge in [0, 0.05) is 29.2 Å². The Morgan fingerprint density at radius 2 is 2.03 bits per heavy atom. The Morgan fingerprint density at radius 1 is 1.23 bits per heavy atom. The third-order valence-electron chi connectivity index (χ3n) is 6.07. The largest absolute Gasteiger partial charge is 0.354 e. The number of nitrogens with one attached hydrogen (secondary N) is 2. The SMILES string of the molecule is O=C(CCCc1ccc2c(c1)CC(=O)N2)NCC(c1c(F)cccc1Cl)N1CCCC1. The van der Waals surface area contributed by atoms with Crippen LogP contribution in [0.25, 0.3) is 0 Å². The minimum atomic E-state index is -0.330. The lowest BCUT2D eigenvalue weighted by Gasteiger charge is -2.29. The summed E-state index contributed by atoms with van der Waals surface area (Å²) in [6, 6.07) is 10.4. The highest BCUT2D eigenvalue weighted by Crippen LogP contribution is 2.32. The highest BCUT2D eigenvalue weighted by atomic mass is 35.5. The van der Waals surface area contributed by atoms with Gasteiger partial charge in [-0.2, -0.15) is 0 Å². The first-order valence-electron chi connectivity index (χ1n) is 10.9. The van der Waals surface area contributed by atoms with Crippen LogP contribution in [0.5, 0.6) is 0 Å². The highest BCUT2D eigenvalue weighted by molar-refractivity contribution is 6.31. The molecular formula is C24H27ClFN3O2. The van der Waals surface area contributed by atoms with E-state index >= 15 is 0 Å². The van der Waals surface area contributed by atoms with Gasteiger partial charge in [-0.1, -0.05) is 29.8 Å². The summed E-state index contributed by atoms with van der Waals surface area (Å²) >= 11 is 6.31. The molecule has 31 heavy (non-hydrogen) atoms. The molecule has 1 fully saturated rings. The zero-order valence-corrected chi connectivity index (χ0v) is 18.2. The maximum Gasteiger partial charge on any atom is 0.228 e. The monoisotopic (exact) mass is 443 g/mol. The lowest BCUT2D eigenvalue weighted by atomic mass is 10.0. The number of aryl methyl sites for hydroxylation is 1. The van der Waals surface area contributed by atoms with Gasteiger partial charge >= 0.3 is 0 Å². The van der Waals surface area contributed by atoms with Crippen LogP contribution in [0.2, 0.25) is 5.02 Å². The van der Waals surface area contributed by atoms with Crippen LogP contribution >= 0.6 is 11.6 Å². The number of halogens is 2. The van der Waals surface area contributed by atoms with Crippen molar-refractivity contribution in [3.8, 4) is 0 Å². The molecule has 0 spiro atoms. The molecule has 1 unspecified atom stereocenters. The van der Waals surface area contributed by atoms with Crippen LogP contribution in [0.15, 0.2) is 36.4 Å². The molecule has 5 nitrogen and oxygen atoms in total. The van der Waals surface area contributed by atoms with Gasteiger partial charge in [0.2, 0.25) is 11.8 Å². The molecule has 7 heteroatoms. The van der Waals surface area contributed by atoms with Gasteiger partial charge < -0.3 is 10.6 Å². The molecule has 0 aliphatic carbocycles. The van der Waals surface area contributed by atoms with Gasteiger partial charge in [-0.25, -0.2) is 4.39 Å². The molecule has 2 aromatic rings. The van der Waals surface area contributed by atoms with E-state index in [0.717, 1.165) is 49.2 Å². The summed E-state index contributed by atoms with van der Waals surface area (Å²) in [7, 11) is 0. The number of hydrogen-bond acceptors (Lipinski definition) is 3. The van der Waals surface area contributed by atoms with Gasteiger partial charge in [0.25, 0.3) is 0 Å². The zero-order chi connectivity index (χ0) is 21.8. The van der Waals surface area contributed by atoms with Crippen LogP contribution in [-0.2, 0) is 22.4 Å². The van der Waals surface area contributed by atoms with Crippen LogP contribution in [0.1, 0.15) is 48.4 Å². The fourth-order valence-electron chi connectivity index (χ4n) is 4.49.